The zero-order valence-corrected chi connectivity index (χ0v) is 42.5. The van der Waals surface area contributed by atoms with Crippen LogP contribution in [0.5, 0.6) is 0 Å². The van der Waals surface area contributed by atoms with E-state index >= 15 is 0 Å². The zero-order valence-electron chi connectivity index (χ0n) is 41.0. The van der Waals surface area contributed by atoms with Crippen molar-refractivity contribution in [1.29, 1.82) is 0 Å². The number of thiazole rings is 1. The molecule has 0 aliphatic carbocycles. The number of amidine groups is 1. The molecule has 2 unspecified atom stereocenters. The number of nitrogens with zero attached hydrogens (tertiary/aromatic N) is 5. The van der Waals surface area contributed by atoms with Crippen molar-refractivity contribution in [2.24, 2.45) is 10.4 Å². The third-order valence-corrected chi connectivity index (χ3v) is 15.3. The number of benzene rings is 2. The van der Waals surface area contributed by atoms with E-state index in [-0.39, 0.29) is 17.3 Å². The molecule has 4 aliphatic rings. The Morgan fingerprint density at radius 2 is 1.71 bits per heavy atom. The third kappa shape index (κ3) is 11.3. The van der Waals surface area contributed by atoms with Gasteiger partial charge in [-0.25, -0.2) is 9.37 Å². The van der Waals surface area contributed by atoms with Crippen molar-refractivity contribution in [3.63, 3.8) is 0 Å². The van der Waals surface area contributed by atoms with Gasteiger partial charge in [0.1, 0.15) is 11.9 Å². The molecule has 1 fully saturated rings. The van der Waals surface area contributed by atoms with Gasteiger partial charge in [-0.1, -0.05) is 122 Å². The summed E-state index contributed by atoms with van der Waals surface area (Å²) in [5.41, 5.74) is 15.7. The Morgan fingerprint density at radius 1 is 0.970 bits per heavy atom. The SMILES string of the molecule is C=C(C)C1=CN2C(=CC1=C)c1cc(CC)c(CCCCCCCCCN3CCN(CC4=C(C(=C)CC)[C@H](c5ccc(F)cc5Cl)N=C(c5nccs5)N4)CC3C(=C)C)cc1CC2C(C)(C)C. The molecule has 6 nitrogen and oxygen atoms in total. The van der Waals surface area contributed by atoms with E-state index in [1.807, 2.05) is 5.38 Å². The van der Waals surface area contributed by atoms with E-state index in [1.54, 1.807) is 29.2 Å². The van der Waals surface area contributed by atoms with Crippen LogP contribution in [0.15, 0.2) is 125 Å². The Balaban J connectivity index is 0.901. The molecule has 3 aromatic rings. The molecule has 0 spiro atoms. The van der Waals surface area contributed by atoms with E-state index in [9.17, 15) is 4.39 Å². The minimum atomic E-state index is -0.415. The third-order valence-electron chi connectivity index (χ3n) is 14.2. The first-order chi connectivity index (χ1) is 31.6. The average Bonchev–Trinajstić information content (AvgIpc) is 3.83. The second-order valence-electron chi connectivity index (χ2n) is 20.2. The highest BCUT2D eigenvalue weighted by Gasteiger charge is 2.39. The molecule has 352 valence electrons. The second kappa shape index (κ2) is 21.7. The summed E-state index contributed by atoms with van der Waals surface area (Å²) in [6.07, 6.45) is 19.3. The monoisotopic (exact) mass is 929 g/mol. The number of allylic oxidation sites excluding steroid dienone is 4. The van der Waals surface area contributed by atoms with Crippen LogP contribution in [0.1, 0.15) is 139 Å². The van der Waals surface area contributed by atoms with Gasteiger partial charge in [0.25, 0.3) is 0 Å². The van der Waals surface area contributed by atoms with Crippen LogP contribution in [-0.2, 0) is 19.3 Å². The minimum Gasteiger partial charge on any atom is -0.343 e. The summed E-state index contributed by atoms with van der Waals surface area (Å²) in [4.78, 5) is 17.4. The van der Waals surface area contributed by atoms with Gasteiger partial charge < -0.3 is 10.2 Å². The number of rotatable bonds is 19. The lowest BCUT2D eigenvalue weighted by atomic mass is 9.75. The van der Waals surface area contributed by atoms with E-state index in [4.69, 9.17) is 16.6 Å². The molecule has 1 N–H and O–H groups in total. The van der Waals surface area contributed by atoms with Gasteiger partial charge in [0, 0.05) is 83.6 Å². The number of unbranched alkanes of at least 4 members (excludes halogenated alkanes) is 6. The van der Waals surface area contributed by atoms with E-state index in [2.05, 4.69) is 124 Å². The quantitative estimate of drug-likeness (QED) is 0.0959. The molecule has 7 rings (SSSR count). The average molecular weight is 930 g/mol. The van der Waals surface area contributed by atoms with Gasteiger partial charge in [-0.2, -0.15) is 0 Å². The van der Waals surface area contributed by atoms with Crippen molar-refractivity contribution in [1.82, 2.24) is 25.0 Å². The van der Waals surface area contributed by atoms with Gasteiger partial charge in [-0.3, -0.25) is 14.8 Å². The van der Waals surface area contributed by atoms with Crippen molar-refractivity contribution < 1.29 is 4.39 Å². The Bertz CT molecular complexity index is 2430. The van der Waals surface area contributed by atoms with Gasteiger partial charge >= 0.3 is 0 Å². The van der Waals surface area contributed by atoms with Gasteiger partial charge in [-0.05, 0) is 133 Å². The van der Waals surface area contributed by atoms with Gasteiger partial charge in [0.15, 0.2) is 10.8 Å². The Morgan fingerprint density at radius 3 is 2.36 bits per heavy atom. The lowest BCUT2D eigenvalue weighted by molar-refractivity contribution is 0.0956. The molecule has 3 atom stereocenters. The van der Waals surface area contributed by atoms with Crippen molar-refractivity contribution in [3.05, 3.63) is 163 Å². The molecule has 0 amide bonds. The normalized spacial score (nSPS) is 20.3. The van der Waals surface area contributed by atoms with E-state index in [0.717, 1.165) is 96.0 Å². The number of nitrogens with one attached hydrogen (secondary N) is 1. The lowest BCUT2D eigenvalue weighted by Crippen LogP contribution is -2.54. The molecular weight excluding hydrogens is 855 g/mol. The smallest absolute Gasteiger partial charge is 0.163 e. The van der Waals surface area contributed by atoms with Crippen LogP contribution in [-0.4, -0.2) is 70.3 Å². The molecule has 9 heteroatoms. The number of halogens is 2. The Kier molecular flexibility index (Phi) is 16.3. The highest BCUT2D eigenvalue weighted by molar-refractivity contribution is 7.11. The fraction of sp³-hybridized carbons (Fsp3) is 0.474. The minimum absolute atomic E-state index is 0.122. The molecular formula is C57H74ClFN6S. The number of hydrogen-bond acceptors (Lipinski definition) is 7. The van der Waals surface area contributed by atoms with Gasteiger partial charge in [-0.15, -0.1) is 11.3 Å². The van der Waals surface area contributed by atoms with Crippen LogP contribution in [0.25, 0.3) is 5.70 Å². The van der Waals surface area contributed by atoms with Crippen molar-refractivity contribution in [3.8, 4) is 0 Å². The fourth-order valence-electron chi connectivity index (χ4n) is 10.4. The fourth-order valence-corrected chi connectivity index (χ4v) is 11.3. The Labute approximate surface area is 405 Å². The summed E-state index contributed by atoms with van der Waals surface area (Å²) in [6.45, 7) is 38.1. The summed E-state index contributed by atoms with van der Waals surface area (Å²) in [5.74, 6) is 0.344. The predicted molar refractivity (Wildman–Crippen MR) is 280 cm³/mol. The number of aryl methyl sites for hydroxylation is 2. The topological polar surface area (TPSA) is 47.0 Å². The highest BCUT2D eigenvalue weighted by atomic mass is 35.5. The van der Waals surface area contributed by atoms with Crippen LogP contribution in [0, 0.1) is 11.2 Å². The molecule has 5 heterocycles. The molecule has 4 aliphatic heterocycles. The number of piperazine rings is 1. The molecule has 1 saturated heterocycles. The number of fused-ring (bicyclic) bond motifs is 3. The molecule has 1 aromatic heterocycles. The lowest BCUT2D eigenvalue weighted by Gasteiger charge is -2.47. The first-order valence-corrected chi connectivity index (χ1v) is 25.8. The maximum absolute atomic E-state index is 14.2. The van der Waals surface area contributed by atoms with Gasteiger partial charge in [0.05, 0.1) is 0 Å². The van der Waals surface area contributed by atoms with Crippen LogP contribution in [0.3, 0.4) is 0 Å². The summed E-state index contributed by atoms with van der Waals surface area (Å²) >= 11 is 8.25. The van der Waals surface area contributed by atoms with Crippen LogP contribution >= 0.6 is 22.9 Å². The van der Waals surface area contributed by atoms with Crippen LogP contribution in [0.2, 0.25) is 5.02 Å². The first kappa shape index (κ1) is 49.6. The number of aliphatic imine (C=N–C) groups is 1. The summed E-state index contributed by atoms with van der Waals surface area (Å²) in [7, 11) is 0. The molecule has 0 radical (unpaired) electrons. The van der Waals surface area contributed by atoms with E-state index < -0.39 is 6.04 Å². The van der Waals surface area contributed by atoms with Crippen LogP contribution < -0.4 is 5.32 Å². The predicted octanol–water partition coefficient (Wildman–Crippen LogP) is 14.0. The van der Waals surface area contributed by atoms with E-state index in [0.29, 0.717) is 23.4 Å². The van der Waals surface area contributed by atoms with Crippen molar-refractivity contribution in [2.75, 3.05) is 32.7 Å². The summed E-state index contributed by atoms with van der Waals surface area (Å²) < 4.78 is 14.2. The summed E-state index contributed by atoms with van der Waals surface area (Å²) in [6, 6.07) is 9.90. The van der Waals surface area contributed by atoms with Crippen molar-refractivity contribution in [2.45, 2.75) is 137 Å². The zero-order chi connectivity index (χ0) is 47.3. The molecule has 0 bridgehead atoms. The number of hydrogen-bond donors (Lipinski definition) is 1. The molecule has 2 aromatic carbocycles. The van der Waals surface area contributed by atoms with Gasteiger partial charge in [0.2, 0.25) is 0 Å². The maximum atomic E-state index is 14.2. The number of aromatic nitrogens is 1. The van der Waals surface area contributed by atoms with Crippen molar-refractivity contribution >= 4 is 34.5 Å². The Hall–Kier alpha value is -4.34. The second-order valence-corrected chi connectivity index (χ2v) is 21.5. The van der Waals surface area contributed by atoms with E-state index in [1.165, 1.54) is 85.0 Å². The first-order valence-electron chi connectivity index (χ1n) is 24.5. The molecule has 0 saturated carbocycles. The highest BCUT2D eigenvalue weighted by Crippen LogP contribution is 2.45. The summed E-state index contributed by atoms with van der Waals surface area (Å²) in [5, 5.41) is 6.80. The largest absolute Gasteiger partial charge is 0.343 e. The standard InChI is InChI=1S/C57H74ClFN6S/c1-12-39(7)53-49(61-55(56-60-24-28-66-56)62-54(53)45-23-22-44(59)33-48(45)58)35-63-26-27-64(51(36-63)38(5)6)25-20-18-16-14-15-17-19-21-42-30-43-32-52(57(9,10)11)65-34-47(37(3)4)40(8)29-50(65)46(43)31-41(42)13-2/h22-24,28-31,33-34,51-52,54H,3,5,7-8,12-21,25-27,32,35-36H2,1-2,4,6,9-11H3,(H,61,62)/t51?,52?,54-/m0/s1. The maximum Gasteiger partial charge on any atom is 0.163 e. The van der Waals surface area contributed by atoms with Crippen LogP contribution in [0.4, 0.5) is 4.39 Å². The molecule has 66 heavy (non-hydrogen) atoms.